The number of carbonyl (C=O) groups is 2. The van der Waals surface area contributed by atoms with Crippen LogP contribution in [0.2, 0.25) is 0 Å². The SMILES string of the molecule is CCCCOCCCN1C(=O)C(c2ccccc2)=C(N2CCN(c3ccccn3)CC2)C1=O. The number of piperazine rings is 1. The zero-order valence-corrected chi connectivity index (χ0v) is 19.3. The summed E-state index contributed by atoms with van der Waals surface area (Å²) in [6.07, 6.45) is 4.55. The summed E-state index contributed by atoms with van der Waals surface area (Å²) < 4.78 is 5.63. The third-order valence-electron chi connectivity index (χ3n) is 6.09. The van der Waals surface area contributed by atoms with Crippen molar-refractivity contribution < 1.29 is 14.3 Å². The largest absolute Gasteiger partial charge is 0.381 e. The average molecular weight is 449 g/mol. The van der Waals surface area contributed by atoms with Crippen molar-refractivity contribution in [3.05, 3.63) is 66.0 Å². The van der Waals surface area contributed by atoms with Crippen LogP contribution in [0.1, 0.15) is 31.7 Å². The zero-order valence-electron chi connectivity index (χ0n) is 19.3. The number of benzene rings is 1. The van der Waals surface area contributed by atoms with Crippen molar-refractivity contribution in [2.45, 2.75) is 26.2 Å². The highest BCUT2D eigenvalue weighted by molar-refractivity contribution is 6.35. The van der Waals surface area contributed by atoms with E-state index in [0.29, 0.717) is 43.9 Å². The van der Waals surface area contributed by atoms with Gasteiger partial charge in [0.15, 0.2) is 0 Å². The number of amides is 2. The fraction of sp³-hybridized carbons (Fsp3) is 0.423. The molecule has 0 aliphatic carbocycles. The van der Waals surface area contributed by atoms with E-state index in [9.17, 15) is 9.59 Å². The molecule has 0 N–H and O–H groups in total. The van der Waals surface area contributed by atoms with E-state index in [1.165, 1.54) is 4.90 Å². The Morgan fingerprint density at radius 3 is 2.24 bits per heavy atom. The molecule has 0 bridgehead atoms. The molecule has 0 unspecified atom stereocenters. The average Bonchev–Trinajstić information content (AvgIpc) is 3.12. The standard InChI is InChI=1S/C26H32N4O3/c1-2-3-19-33-20-9-14-30-25(31)23(21-10-5-4-6-11-21)24(26(30)32)29-17-15-28(16-18-29)22-12-7-8-13-27-22/h4-8,10-13H,2-3,9,14-20H2,1H3. The lowest BCUT2D eigenvalue weighted by Crippen LogP contribution is -2.48. The highest BCUT2D eigenvalue weighted by Gasteiger charge is 2.41. The minimum Gasteiger partial charge on any atom is -0.381 e. The number of carbonyl (C=O) groups excluding carboxylic acids is 2. The van der Waals surface area contributed by atoms with Gasteiger partial charge in [0, 0.05) is 52.1 Å². The number of aromatic nitrogens is 1. The molecule has 0 atom stereocenters. The number of imide groups is 1. The summed E-state index contributed by atoms with van der Waals surface area (Å²) in [7, 11) is 0. The minimum absolute atomic E-state index is 0.196. The van der Waals surface area contributed by atoms with Crippen LogP contribution < -0.4 is 4.90 Å². The van der Waals surface area contributed by atoms with E-state index in [1.54, 1.807) is 6.20 Å². The zero-order chi connectivity index (χ0) is 23.0. The summed E-state index contributed by atoms with van der Waals surface area (Å²) in [5, 5.41) is 0. The molecule has 2 aliphatic heterocycles. The van der Waals surface area contributed by atoms with E-state index in [2.05, 4.69) is 21.7 Å². The molecule has 0 radical (unpaired) electrons. The lowest BCUT2D eigenvalue weighted by atomic mass is 10.0. The second kappa shape index (κ2) is 11.1. The normalized spacial score (nSPS) is 16.8. The molecule has 2 amide bonds. The van der Waals surface area contributed by atoms with Gasteiger partial charge in [-0.25, -0.2) is 4.98 Å². The second-order valence-electron chi connectivity index (χ2n) is 8.33. The molecule has 1 aromatic carbocycles. The Kier molecular flexibility index (Phi) is 7.73. The van der Waals surface area contributed by atoms with Gasteiger partial charge in [0.05, 0.1) is 5.57 Å². The molecule has 7 heteroatoms. The predicted octanol–water partition coefficient (Wildman–Crippen LogP) is 3.19. The molecule has 7 nitrogen and oxygen atoms in total. The van der Waals surface area contributed by atoms with Crippen LogP contribution in [-0.2, 0) is 14.3 Å². The van der Waals surface area contributed by atoms with E-state index >= 15 is 0 Å². The van der Waals surface area contributed by atoms with Crippen molar-refractivity contribution in [3.8, 4) is 0 Å². The van der Waals surface area contributed by atoms with Gasteiger partial charge in [0.25, 0.3) is 11.8 Å². The van der Waals surface area contributed by atoms with Gasteiger partial charge < -0.3 is 14.5 Å². The molecule has 1 fully saturated rings. The van der Waals surface area contributed by atoms with E-state index < -0.39 is 0 Å². The Labute approximate surface area is 195 Å². The summed E-state index contributed by atoms with van der Waals surface area (Å²) in [6.45, 7) is 6.58. The van der Waals surface area contributed by atoms with E-state index in [-0.39, 0.29) is 11.8 Å². The van der Waals surface area contributed by atoms with Gasteiger partial charge in [-0.1, -0.05) is 49.7 Å². The molecule has 33 heavy (non-hydrogen) atoms. The monoisotopic (exact) mass is 448 g/mol. The van der Waals surface area contributed by atoms with Crippen LogP contribution in [0.5, 0.6) is 0 Å². The van der Waals surface area contributed by atoms with E-state index in [1.807, 2.05) is 48.5 Å². The maximum absolute atomic E-state index is 13.5. The maximum Gasteiger partial charge on any atom is 0.277 e. The predicted molar refractivity (Wildman–Crippen MR) is 128 cm³/mol. The third-order valence-corrected chi connectivity index (χ3v) is 6.09. The Morgan fingerprint density at radius 1 is 0.848 bits per heavy atom. The number of nitrogens with zero attached hydrogens (tertiary/aromatic N) is 4. The van der Waals surface area contributed by atoms with Crippen molar-refractivity contribution in [2.75, 3.05) is 50.8 Å². The van der Waals surface area contributed by atoms with Crippen molar-refractivity contribution in [3.63, 3.8) is 0 Å². The number of hydrogen-bond donors (Lipinski definition) is 0. The molecule has 1 aromatic heterocycles. The summed E-state index contributed by atoms with van der Waals surface area (Å²) in [4.78, 5) is 37.0. The Bertz CT molecular complexity index is 970. The summed E-state index contributed by atoms with van der Waals surface area (Å²) >= 11 is 0. The van der Waals surface area contributed by atoms with Crippen LogP contribution in [0.3, 0.4) is 0 Å². The summed E-state index contributed by atoms with van der Waals surface area (Å²) in [5.74, 6) is 0.536. The fourth-order valence-electron chi connectivity index (χ4n) is 4.30. The number of hydrogen-bond acceptors (Lipinski definition) is 6. The van der Waals surface area contributed by atoms with Crippen molar-refractivity contribution >= 4 is 23.2 Å². The number of pyridine rings is 1. The van der Waals surface area contributed by atoms with E-state index in [4.69, 9.17) is 4.74 Å². The molecule has 4 rings (SSSR count). The lowest BCUT2D eigenvalue weighted by molar-refractivity contribution is -0.137. The van der Waals surface area contributed by atoms with Gasteiger partial charge in [0.2, 0.25) is 0 Å². The van der Waals surface area contributed by atoms with Gasteiger partial charge in [-0.2, -0.15) is 0 Å². The quantitative estimate of drug-likeness (QED) is 0.411. The molecular formula is C26H32N4O3. The molecule has 0 spiro atoms. The number of anilines is 1. The van der Waals surface area contributed by atoms with Crippen molar-refractivity contribution in [2.24, 2.45) is 0 Å². The second-order valence-corrected chi connectivity index (χ2v) is 8.33. The first-order valence-corrected chi connectivity index (χ1v) is 11.8. The fourth-order valence-corrected chi connectivity index (χ4v) is 4.30. The Balaban J connectivity index is 1.49. The van der Waals surface area contributed by atoms with E-state index in [0.717, 1.165) is 43.9 Å². The first kappa shape index (κ1) is 23.0. The lowest BCUT2D eigenvalue weighted by Gasteiger charge is -2.37. The Morgan fingerprint density at radius 2 is 1.55 bits per heavy atom. The highest BCUT2D eigenvalue weighted by atomic mass is 16.5. The van der Waals surface area contributed by atoms with Crippen LogP contribution in [0.4, 0.5) is 5.82 Å². The molecule has 2 aliphatic rings. The van der Waals surface area contributed by atoms with Crippen LogP contribution in [0.15, 0.2) is 60.4 Å². The Hall–Kier alpha value is -3.19. The van der Waals surface area contributed by atoms with Crippen molar-refractivity contribution in [1.29, 1.82) is 0 Å². The number of ether oxygens (including phenoxy) is 1. The van der Waals surface area contributed by atoms with Crippen molar-refractivity contribution in [1.82, 2.24) is 14.8 Å². The molecule has 174 valence electrons. The smallest absolute Gasteiger partial charge is 0.277 e. The molecule has 3 heterocycles. The molecule has 0 saturated carbocycles. The van der Waals surface area contributed by atoms with Gasteiger partial charge in [0.1, 0.15) is 11.5 Å². The molecule has 2 aromatic rings. The number of rotatable bonds is 10. The summed E-state index contributed by atoms with van der Waals surface area (Å²) in [5.41, 5.74) is 1.83. The maximum atomic E-state index is 13.5. The van der Waals surface area contributed by atoms with Crippen LogP contribution in [0, 0.1) is 0 Å². The summed E-state index contributed by atoms with van der Waals surface area (Å²) in [6, 6.07) is 15.4. The van der Waals surface area contributed by atoms with Gasteiger partial charge >= 0.3 is 0 Å². The first-order chi connectivity index (χ1) is 16.2. The van der Waals surface area contributed by atoms with Gasteiger partial charge in [-0.15, -0.1) is 0 Å². The first-order valence-electron chi connectivity index (χ1n) is 11.8. The molecule has 1 saturated heterocycles. The highest BCUT2D eigenvalue weighted by Crippen LogP contribution is 2.32. The topological polar surface area (TPSA) is 66.0 Å². The third kappa shape index (κ3) is 5.25. The number of unbranched alkanes of at least 4 members (excludes halogenated alkanes) is 1. The minimum atomic E-state index is -0.207. The van der Waals surface area contributed by atoms with Crippen LogP contribution in [-0.4, -0.2) is 72.5 Å². The van der Waals surface area contributed by atoms with Crippen LogP contribution in [0.25, 0.3) is 5.57 Å². The van der Waals surface area contributed by atoms with Crippen LogP contribution >= 0.6 is 0 Å². The van der Waals surface area contributed by atoms with Gasteiger partial charge in [-0.05, 0) is 30.5 Å². The van der Waals surface area contributed by atoms with Gasteiger partial charge in [-0.3, -0.25) is 14.5 Å². The molecular weight excluding hydrogens is 416 g/mol.